The monoisotopic (exact) mass is 190 g/mol. The second-order valence-electron chi connectivity index (χ2n) is 3.80. The van der Waals surface area contributed by atoms with Gasteiger partial charge in [0.2, 0.25) is 0 Å². The van der Waals surface area contributed by atoms with Gasteiger partial charge in [-0.3, -0.25) is 14.7 Å². The van der Waals surface area contributed by atoms with Crippen molar-refractivity contribution in [3.05, 3.63) is 29.6 Å². The highest BCUT2D eigenvalue weighted by Crippen LogP contribution is 2.12. The van der Waals surface area contributed by atoms with Gasteiger partial charge in [0.1, 0.15) is 5.78 Å². The fourth-order valence-corrected chi connectivity index (χ4v) is 1.75. The number of aromatic nitrogens is 1. The molecule has 1 aliphatic heterocycles. The molecule has 0 aliphatic carbocycles. The Morgan fingerprint density at radius 2 is 2.43 bits per heavy atom. The molecular weight excluding hydrogens is 176 g/mol. The largest absolute Gasteiger partial charge is 0.298 e. The number of aryl methyl sites for hydroxylation is 1. The fraction of sp³-hybridized carbons (Fsp3) is 0.455. The standard InChI is InChI=1S/C11H14N2O/c1-9-6-12-4-2-10(9)7-13-5-3-11(14)8-13/h2,4,6H,3,5,7-8H2,1H3. The van der Waals surface area contributed by atoms with Crippen molar-refractivity contribution in [3.8, 4) is 0 Å². The zero-order valence-electron chi connectivity index (χ0n) is 8.36. The number of hydrogen-bond donors (Lipinski definition) is 0. The molecule has 3 heteroatoms. The summed E-state index contributed by atoms with van der Waals surface area (Å²) < 4.78 is 0. The van der Waals surface area contributed by atoms with E-state index in [0.717, 1.165) is 13.1 Å². The maximum absolute atomic E-state index is 11.1. The van der Waals surface area contributed by atoms with E-state index in [2.05, 4.69) is 16.8 Å². The van der Waals surface area contributed by atoms with Crippen molar-refractivity contribution in [1.29, 1.82) is 0 Å². The molecule has 2 heterocycles. The van der Waals surface area contributed by atoms with Gasteiger partial charge in [0.25, 0.3) is 0 Å². The van der Waals surface area contributed by atoms with Crippen molar-refractivity contribution in [2.75, 3.05) is 13.1 Å². The number of carbonyl (C=O) groups excluding carboxylic acids is 1. The number of carbonyl (C=O) groups is 1. The molecule has 0 amide bonds. The number of likely N-dealkylation sites (tertiary alicyclic amines) is 1. The SMILES string of the molecule is Cc1cnccc1CN1CCC(=O)C1. The molecule has 0 bridgehead atoms. The number of rotatable bonds is 2. The van der Waals surface area contributed by atoms with Gasteiger partial charge in [-0.15, -0.1) is 0 Å². The lowest BCUT2D eigenvalue weighted by Gasteiger charge is -2.14. The van der Waals surface area contributed by atoms with E-state index in [1.165, 1.54) is 11.1 Å². The first kappa shape index (κ1) is 9.34. The van der Waals surface area contributed by atoms with Crippen LogP contribution in [0.15, 0.2) is 18.5 Å². The van der Waals surface area contributed by atoms with E-state index in [9.17, 15) is 4.79 Å². The minimum atomic E-state index is 0.358. The van der Waals surface area contributed by atoms with Gasteiger partial charge in [-0.25, -0.2) is 0 Å². The predicted octanol–water partition coefficient (Wildman–Crippen LogP) is 1.16. The first-order chi connectivity index (χ1) is 6.75. The van der Waals surface area contributed by atoms with Gasteiger partial charge >= 0.3 is 0 Å². The molecule has 0 atom stereocenters. The van der Waals surface area contributed by atoms with Crippen LogP contribution in [-0.4, -0.2) is 28.8 Å². The Morgan fingerprint density at radius 1 is 1.57 bits per heavy atom. The van der Waals surface area contributed by atoms with E-state index in [0.29, 0.717) is 18.7 Å². The van der Waals surface area contributed by atoms with Gasteiger partial charge in [0, 0.05) is 31.9 Å². The Hall–Kier alpha value is -1.22. The maximum Gasteiger partial charge on any atom is 0.148 e. The second kappa shape index (κ2) is 3.88. The lowest BCUT2D eigenvalue weighted by atomic mass is 10.1. The minimum absolute atomic E-state index is 0.358. The Labute approximate surface area is 83.8 Å². The van der Waals surface area contributed by atoms with Crippen molar-refractivity contribution in [2.24, 2.45) is 0 Å². The Bertz CT molecular complexity index is 349. The Kier molecular flexibility index (Phi) is 2.59. The second-order valence-corrected chi connectivity index (χ2v) is 3.80. The normalized spacial score (nSPS) is 17.6. The first-order valence-corrected chi connectivity index (χ1v) is 4.89. The van der Waals surface area contributed by atoms with Crippen molar-refractivity contribution >= 4 is 5.78 Å². The van der Waals surface area contributed by atoms with Crippen LogP contribution in [0.4, 0.5) is 0 Å². The average Bonchev–Trinajstić information content (AvgIpc) is 2.56. The molecule has 1 aliphatic rings. The first-order valence-electron chi connectivity index (χ1n) is 4.89. The summed E-state index contributed by atoms with van der Waals surface area (Å²) in [4.78, 5) is 17.3. The molecule has 0 radical (unpaired) electrons. The van der Waals surface area contributed by atoms with E-state index in [-0.39, 0.29) is 0 Å². The third-order valence-corrected chi connectivity index (χ3v) is 2.64. The fourth-order valence-electron chi connectivity index (χ4n) is 1.75. The Morgan fingerprint density at radius 3 is 3.07 bits per heavy atom. The number of pyridine rings is 1. The number of nitrogens with zero attached hydrogens (tertiary/aromatic N) is 2. The number of Topliss-reactive ketones (excluding diaryl/α,β-unsaturated/α-hetero) is 1. The van der Waals surface area contributed by atoms with Crippen LogP contribution in [-0.2, 0) is 11.3 Å². The van der Waals surface area contributed by atoms with Crippen LogP contribution in [0.2, 0.25) is 0 Å². The van der Waals surface area contributed by atoms with Crippen molar-refractivity contribution in [2.45, 2.75) is 19.9 Å². The minimum Gasteiger partial charge on any atom is -0.298 e. The number of ketones is 1. The van der Waals surface area contributed by atoms with E-state index < -0.39 is 0 Å². The molecule has 0 saturated carbocycles. The van der Waals surface area contributed by atoms with Crippen LogP contribution in [0.25, 0.3) is 0 Å². The van der Waals surface area contributed by atoms with Crippen LogP contribution in [0, 0.1) is 6.92 Å². The summed E-state index contributed by atoms with van der Waals surface area (Å²) in [6.07, 6.45) is 4.39. The summed E-state index contributed by atoms with van der Waals surface area (Å²) in [5.74, 6) is 0.358. The Balaban J connectivity index is 2.04. The summed E-state index contributed by atoms with van der Waals surface area (Å²) in [7, 11) is 0. The highest BCUT2D eigenvalue weighted by molar-refractivity contribution is 5.82. The molecule has 3 nitrogen and oxygen atoms in total. The van der Waals surface area contributed by atoms with E-state index in [1.54, 1.807) is 6.20 Å². The third-order valence-electron chi connectivity index (χ3n) is 2.64. The lowest BCUT2D eigenvalue weighted by molar-refractivity contribution is -0.116. The van der Waals surface area contributed by atoms with Crippen molar-refractivity contribution in [1.82, 2.24) is 9.88 Å². The number of hydrogen-bond acceptors (Lipinski definition) is 3. The molecule has 2 rings (SSSR count). The van der Waals surface area contributed by atoms with Crippen LogP contribution in [0.3, 0.4) is 0 Å². The zero-order valence-corrected chi connectivity index (χ0v) is 8.36. The van der Waals surface area contributed by atoms with Crippen LogP contribution >= 0.6 is 0 Å². The van der Waals surface area contributed by atoms with Crippen LogP contribution in [0.1, 0.15) is 17.5 Å². The molecule has 0 N–H and O–H groups in total. The molecule has 0 aromatic carbocycles. The third kappa shape index (κ3) is 1.99. The molecule has 1 saturated heterocycles. The van der Waals surface area contributed by atoms with Crippen LogP contribution in [0.5, 0.6) is 0 Å². The quantitative estimate of drug-likeness (QED) is 0.701. The van der Waals surface area contributed by atoms with Crippen molar-refractivity contribution < 1.29 is 4.79 Å². The summed E-state index contributed by atoms with van der Waals surface area (Å²) in [5.41, 5.74) is 2.47. The summed E-state index contributed by atoms with van der Waals surface area (Å²) in [5, 5.41) is 0. The average molecular weight is 190 g/mol. The topological polar surface area (TPSA) is 33.2 Å². The molecule has 1 aromatic heterocycles. The van der Waals surface area contributed by atoms with E-state index >= 15 is 0 Å². The van der Waals surface area contributed by atoms with E-state index in [1.807, 2.05) is 12.3 Å². The molecule has 14 heavy (non-hydrogen) atoms. The van der Waals surface area contributed by atoms with Gasteiger partial charge in [-0.1, -0.05) is 0 Å². The highest BCUT2D eigenvalue weighted by Gasteiger charge is 2.19. The maximum atomic E-state index is 11.1. The van der Waals surface area contributed by atoms with Gasteiger partial charge in [0.05, 0.1) is 6.54 Å². The van der Waals surface area contributed by atoms with Gasteiger partial charge < -0.3 is 0 Å². The lowest BCUT2D eigenvalue weighted by Crippen LogP contribution is -2.20. The highest BCUT2D eigenvalue weighted by atomic mass is 16.1. The van der Waals surface area contributed by atoms with Gasteiger partial charge in [-0.05, 0) is 24.1 Å². The van der Waals surface area contributed by atoms with Crippen molar-refractivity contribution in [3.63, 3.8) is 0 Å². The zero-order chi connectivity index (χ0) is 9.97. The summed E-state index contributed by atoms with van der Waals surface area (Å²) in [6, 6.07) is 2.03. The predicted molar refractivity (Wildman–Crippen MR) is 53.9 cm³/mol. The smallest absolute Gasteiger partial charge is 0.148 e. The van der Waals surface area contributed by atoms with Gasteiger partial charge in [0.15, 0.2) is 0 Å². The summed E-state index contributed by atoms with van der Waals surface area (Å²) >= 11 is 0. The van der Waals surface area contributed by atoms with E-state index in [4.69, 9.17) is 0 Å². The molecule has 0 unspecified atom stereocenters. The molecular formula is C11H14N2O. The van der Waals surface area contributed by atoms with Crippen LogP contribution < -0.4 is 0 Å². The summed E-state index contributed by atoms with van der Waals surface area (Å²) in [6.45, 7) is 4.45. The molecule has 1 aromatic rings. The molecule has 1 fully saturated rings. The van der Waals surface area contributed by atoms with Gasteiger partial charge in [-0.2, -0.15) is 0 Å². The molecule has 0 spiro atoms. The molecule has 74 valence electrons.